The van der Waals surface area contributed by atoms with Crippen LogP contribution in [0.1, 0.15) is 6.92 Å². The first-order valence-electron chi connectivity index (χ1n) is 8.23. The van der Waals surface area contributed by atoms with Crippen LogP contribution >= 0.6 is 0 Å². The largest absolute Gasteiger partial charge is 0.480 e. The maximum atomic E-state index is 13.3. The third-order valence-corrected chi connectivity index (χ3v) is 6.18. The van der Waals surface area contributed by atoms with E-state index in [0.717, 1.165) is 15.8 Å². The summed E-state index contributed by atoms with van der Waals surface area (Å²) in [6, 6.07) is 15.0. The summed E-state index contributed by atoms with van der Waals surface area (Å²) in [7, 11) is -4.40. The van der Waals surface area contributed by atoms with E-state index >= 15 is 0 Å². The Balaban J connectivity index is 2.27. The smallest absolute Gasteiger partial charge is 0.327 e. The lowest BCUT2D eigenvalue weighted by atomic mass is 10.1. The molecule has 0 aromatic heterocycles. The fourth-order valence-electron chi connectivity index (χ4n) is 2.92. The van der Waals surface area contributed by atoms with Gasteiger partial charge in [0, 0.05) is 17.5 Å². The third-order valence-electron chi connectivity index (χ3n) is 4.30. The van der Waals surface area contributed by atoms with Gasteiger partial charge < -0.3 is 5.11 Å². The number of anilines is 1. The second-order valence-corrected chi connectivity index (χ2v) is 7.88. The normalized spacial score (nSPS) is 12.5. The van der Waals surface area contributed by atoms with E-state index < -0.39 is 32.6 Å². The number of non-ortho nitro benzene ring substituents is 1. The highest BCUT2D eigenvalue weighted by Gasteiger charge is 2.35. The van der Waals surface area contributed by atoms with Crippen LogP contribution in [0.25, 0.3) is 10.8 Å². The minimum absolute atomic E-state index is 0.180. The molecule has 0 radical (unpaired) electrons. The second-order valence-electron chi connectivity index (χ2n) is 6.07. The molecule has 0 spiro atoms. The first-order valence-corrected chi connectivity index (χ1v) is 9.67. The highest BCUT2D eigenvalue weighted by atomic mass is 32.2. The Kier molecular flexibility index (Phi) is 5.02. The molecular weight excluding hydrogens is 384 g/mol. The van der Waals surface area contributed by atoms with Gasteiger partial charge in [-0.15, -0.1) is 0 Å². The zero-order valence-corrected chi connectivity index (χ0v) is 15.5. The van der Waals surface area contributed by atoms with Gasteiger partial charge in [0.2, 0.25) is 0 Å². The molecule has 8 nitrogen and oxygen atoms in total. The predicted octanol–water partition coefficient (Wildman–Crippen LogP) is 3.42. The van der Waals surface area contributed by atoms with Crippen molar-refractivity contribution in [2.45, 2.75) is 17.9 Å². The van der Waals surface area contributed by atoms with Crippen LogP contribution in [0.2, 0.25) is 0 Å². The lowest BCUT2D eigenvalue weighted by Crippen LogP contribution is -2.43. The summed E-state index contributed by atoms with van der Waals surface area (Å²) >= 11 is 0. The van der Waals surface area contributed by atoms with Gasteiger partial charge >= 0.3 is 5.97 Å². The van der Waals surface area contributed by atoms with Crippen LogP contribution in [0.15, 0.2) is 71.6 Å². The van der Waals surface area contributed by atoms with Crippen molar-refractivity contribution < 1.29 is 23.2 Å². The number of benzene rings is 3. The Morgan fingerprint density at radius 3 is 2.39 bits per heavy atom. The molecule has 1 atom stereocenters. The summed E-state index contributed by atoms with van der Waals surface area (Å²) in [5.74, 6) is -1.35. The molecule has 1 unspecified atom stereocenters. The molecular formula is C19H16N2O6S. The summed E-state index contributed by atoms with van der Waals surface area (Å²) in [5, 5.41) is 21.8. The van der Waals surface area contributed by atoms with Crippen molar-refractivity contribution in [3.8, 4) is 0 Å². The number of hydrogen-bond acceptors (Lipinski definition) is 5. The molecule has 0 heterocycles. The van der Waals surface area contributed by atoms with E-state index in [1.807, 2.05) is 0 Å². The maximum absolute atomic E-state index is 13.3. The molecule has 0 bridgehead atoms. The lowest BCUT2D eigenvalue weighted by molar-refractivity contribution is -0.385. The molecule has 0 saturated carbocycles. The summed E-state index contributed by atoms with van der Waals surface area (Å²) in [6.07, 6.45) is 0. The fraction of sp³-hybridized carbons (Fsp3) is 0.105. The van der Waals surface area contributed by atoms with E-state index in [-0.39, 0.29) is 10.6 Å². The number of sulfonamides is 1. The number of fused-ring (bicyclic) bond motifs is 1. The molecule has 0 aliphatic heterocycles. The molecule has 3 aromatic rings. The highest BCUT2D eigenvalue weighted by molar-refractivity contribution is 7.93. The minimum atomic E-state index is -4.40. The van der Waals surface area contributed by atoms with E-state index in [9.17, 15) is 28.4 Å². The molecule has 3 rings (SSSR count). The van der Waals surface area contributed by atoms with Crippen molar-refractivity contribution in [1.82, 2.24) is 0 Å². The number of nitrogens with zero attached hydrogens (tertiary/aromatic N) is 2. The van der Waals surface area contributed by atoms with Gasteiger partial charge in [0.05, 0.1) is 15.5 Å². The Bertz CT molecular complexity index is 1170. The van der Waals surface area contributed by atoms with Crippen molar-refractivity contribution in [2.75, 3.05) is 4.31 Å². The molecule has 3 aromatic carbocycles. The van der Waals surface area contributed by atoms with Crippen LogP contribution in [-0.2, 0) is 14.8 Å². The van der Waals surface area contributed by atoms with Gasteiger partial charge in [-0.2, -0.15) is 0 Å². The van der Waals surface area contributed by atoms with Gasteiger partial charge in [0.15, 0.2) is 0 Å². The summed E-state index contributed by atoms with van der Waals surface area (Å²) in [5.41, 5.74) is -0.221. The van der Waals surface area contributed by atoms with Crippen molar-refractivity contribution in [3.05, 3.63) is 76.8 Å². The van der Waals surface area contributed by atoms with E-state index in [2.05, 4.69) is 0 Å². The van der Waals surface area contributed by atoms with Gasteiger partial charge in [-0.1, -0.05) is 42.5 Å². The highest BCUT2D eigenvalue weighted by Crippen LogP contribution is 2.33. The third kappa shape index (κ3) is 3.39. The average molecular weight is 400 g/mol. The van der Waals surface area contributed by atoms with Crippen molar-refractivity contribution in [1.29, 1.82) is 0 Å². The number of nitro groups is 1. The van der Waals surface area contributed by atoms with Crippen LogP contribution in [0, 0.1) is 10.1 Å². The van der Waals surface area contributed by atoms with Gasteiger partial charge in [-0.25, -0.2) is 13.2 Å². The second kappa shape index (κ2) is 7.28. The van der Waals surface area contributed by atoms with E-state index in [1.165, 1.54) is 31.2 Å². The number of hydrogen-bond donors (Lipinski definition) is 1. The van der Waals surface area contributed by atoms with Crippen molar-refractivity contribution >= 4 is 38.1 Å². The van der Waals surface area contributed by atoms with Crippen molar-refractivity contribution in [2.24, 2.45) is 0 Å². The van der Waals surface area contributed by atoms with Crippen LogP contribution in [0.3, 0.4) is 0 Å². The van der Waals surface area contributed by atoms with Gasteiger partial charge in [-0.05, 0) is 24.4 Å². The summed E-state index contributed by atoms with van der Waals surface area (Å²) in [4.78, 5) is 21.7. The van der Waals surface area contributed by atoms with Crippen LogP contribution in [0.5, 0.6) is 0 Å². The SMILES string of the molecule is CC(C(=O)O)N(c1cccc2ccccc12)S(=O)(=O)c1cccc([N+](=O)[O-])c1. The topological polar surface area (TPSA) is 118 Å². The van der Waals surface area contributed by atoms with E-state index in [1.54, 1.807) is 36.4 Å². The van der Waals surface area contributed by atoms with Crippen LogP contribution < -0.4 is 4.31 Å². The zero-order valence-electron chi connectivity index (χ0n) is 14.7. The van der Waals surface area contributed by atoms with Gasteiger partial charge in [0.1, 0.15) is 6.04 Å². The number of carbonyl (C=O) groups is 1. The molecule has 28 heavy (non-hydrogen) atoms. The summed E-state index contributed by atoms with van der Waals surface area (Å²) in [6.45, 7) is 1.25. The Morgan fingerprint density at radius 1 is 1.07 bits per heavy atom. The fourth-order valence-corrected chi connectivity index (χ4v) is 4.59. The quantitative estimate of drug-likeness (QED) is 0.500. The Hall–Kier alpha value is -3.46. The molecule has 0 amide bonds. The molecule has 0 aliphatic rings. The Labute approximate surface area is 160 Å². The molecule has 9 heteroatoms. The monoisotopic (exact) mass is 400 g/mol. The number of carboxylic acid groups (broad SMARTS) is 1. The van der Waals surface area contributed by atoms with Crippen LogP contribution in [0.4, 0.5) is 11.4 Å². The number of nitro benzene ring substituents is 1. The zero-order chi connectivity index (χ0) is 20.5. The van der Waals surface area contributed by atoms with E-state index in [4.69, 9.17) is 0 Å². The molecule has 0 saturated heterocycles. The molecule has 0 fully saturated rings. The van der Waals surface area contributed by atoms with E-state index in [0.29, 0.717) is 5.39 Å². The number of carboxylic acids is 1. The van der Waals surface area contributed by atoms with Gasteiger partial charge in [0.25, 0.3) is 15.7 Å². The average Bonchev–Trinajstić information content (AvgIpc) is 2.68. The number of aliphatic carboxylic acids is 1. The first kappa shape index (κ1) is 19.3. The maximum Gasteiger partial charge on any atom is 0.327 e. The first-order chi connectivity index (χ1) is 13.2. The number of rotatable bonds is 6. The minimum Gasteiger partial charge on any atom is -0.480 e. The van der Waals surface area contributed by atoms with Crippen molar-refractivity contribution in [3.63, 3.8) is 0 Å². The molecule has 144 valence electrons. The predicted molar refractivity (Wildman–Crippen MR) is 104 cm³/mol. The standard InChI is InChI=1S/C19H16N2O6S/c1-13(19(22)23)20(18-11-4-7-14-6-2-3-10-17(14)18)28(26,27)16-9-5-8-15(12-16)21(24)25/h2-13H,1H3,(H,22,23). The summed E-state index contributed by atoms with van der Waals surface area (Å²) < 4.78 is 27.5. The van der Waals surface area contributed by atoms with Crippen LogP contribution in [-0.4, -0.2) is 30.5 Å². The lowest BCUT2D eigenvalue weighted by Gasteiger charge is -2.29. The molecule has 0 aliphatic carbocycles. The molecule has 1 N–H and O–H groups in total. The Morgan fingerprint density at radius 2 is 1.71 bits per heavy atom. The van der Waals surface area contributed by atoms with Gasteiger partial charge in [-0.3, -0.25) is 14.4 Å².